The SMILES string of the molecule is CCOC(=O)COc1cccc(-c2ccc(-c3cc(C(O)CC)nn3-c3ccccc3Cl)cc2)c1. The molecule has 1 aromatic heterocycles. The number of esters is 1. The molecule has 0 aliphatic carbocycles. The van der Waals surface area contributed by atoms with Crippen molar-refractivity contribution >= 4 is 17.6 Å². The fourth-order valence-corrected chi connectivity index (χ4v) is 3.94. The number of halogens is 1. The predicted octanol–water partition coefficient (Wildman–Crippen LogP) is 6.25. The van der Waals surface area contributed by atoms with Crippen molar-refractivity contribution in [2.75, 3.05) is 13.2 Å². The third kappa shape index (κ3) is 5.73. The van der Waals surface area contributed by atoms with Crippen LogP contribution in [0.2, 0.25) is 5.02 Å². The Kier molecular flexibility index (Phi) is 7.85. The highest BCUT2D eigenvalue weighted by molar-refractivity contribution is 6.32. The van der Waals surface area contributed by atoms with Gasteiger partial charge in [-0.25, -0.2) is 9.48 Å². The standard InChI is InChI=1S/C28H27ClN2O4/c1-3-27(32)24-17-26(31(30-24)25-11-6-5-10-23(25)29)20-14-12-19(13-15-20)21-8-7-9-22(16-21)35-18-28(33)34-4-2/h5-17,27,32H,3-4,18H2,1-2H3. The average Bonchev–Trinajstić information content (AvgIpc) is 3.33. The summed E-state index contributed by atoms with van der Waals surface area (Å²) in [6.45, 7) is 3.87. The molecule has 1 atom stereocenters. The number of nitrogens with zero attached hydrogens (tertiary/aromatic N) is 2. The number of rotatable bonds is 9. The van der Waals surface area contributed by atoms with Crippen molar-refractivity contribution in [2.24, 2.45) is 0 Å². The first-order valence-electron chi connectivity index (χ1n) is 11.5. The molecule has 1 heterocycles. The molecule has 6 nitrogen and oxygen atoms in total. The summed E-state index contributed by atoms with van der Waals surface area (Å²) >= 11 is 6.46. The van der Waals surface area contributed by atoms with Crippen molar-refractivity contribution in [1.82, 2.24) is 9.78 Å². The van der Waals surface area contributed by atoms with Crippen LogP contribution in [-0.2, 0) is 9.53 Å². The maximum atomic E-state index is 11.6. The first-order chi connectivity index (χ1) is 17.0. The van der Waals surface area contributed by atoms with Gasteiger partial charge in [0.05, 0.1) is 34.8 Å². The number of para-hydroxylation sites is 1. The molecule has 180 valence electrons. The number of aliphatic hydroxyl groups excluding tert-OH is 1. The summed E-state index contributed by atoms with van der Waals surface area (Å²) in [6.07, 6.45) is -0.0962. The maximum absolute atomic E-state index is 11.6. The van der Waals surface area contributed by atoms with E-state index in [1.165, 1.54) is 0 Å². The van der Waals surface area contributed by atoms with Gasteiger partial charge in [-0.1, -0.05) is 67.1 Å². The van der Waals surface area contributed by atoms with E-state index < -0.39 is 12.1 Å². The van der Waals surface area contributed by atoms with E-state index in [1.807, 2.05) is 79.7 Å². The molecular weight excluding hydrogens is 464 g/mol. The highest BCUT2D eigenvalue weighted by Gasteiger charge is 2.17. The number of benzene rings is 3. The minimum absolute atomic E-state index is 0.131. The molecule has 0 saturated heterocycles. The summed E-state index contributed by atoms with van der Waals surface area (Å²) in [7, 11) is 0. The molecule has 0 aliphatic rings. The number of aromatic nitrogens is 2. The van der Waals surface area contributed by atoms with Crippen molar-refractivity contribution in [3.8, 4) is 33.8 Å². The lowest BCUT2D eigenvalue weighted by molar-refractivity contribution is -0.145. The smallest absolute Gasteiger partial charge is 0.344 e. The molecule has 0 aliphatic heterocycles. The Labute approximate surface area is 209 Å². The lowest BCUT2D eigenvalue weighted by Gasteiger charge is -2.11. The molecule has 4 aromatic rings. The van der Waals surface area contributed by atoms with E-state index in [9.17, 15) is 9.90 Å². The molecule has 0 spiro atoms. The quantitative estimate of drug-likeness (QED) is 0.281. The van der Waals surface area contributed by atoms with Gasteiger partial charge in [0.15, 0.2) is 6.61 Å². The zero-order valence-corrected chi connectivity index (χ0v) is 20.4. The highest BCUT2D eigenvalue weighted by atomic mass is 35.5. The van der Waals surface area contributed by atoms with E-state index in [4.69, 9.17) is 21.1 Å². The van der Waals surface area contributed by atoms with Crippen LogP contribution in [-0.4, -0.2) is 34.1 Å². The van der Waals surface area contributed by atoms with Gasteiger partial charge >= 0.3 is 5.97 Å². The Morgan fingerprint density at radius 3 is 2.43 bits per heavy atom. The summed E-state index contributed by atoms with van der Waals surface area (Å²) in [5.41, 5.74) is 5.06. The summed E-state index contributed by atoms with van der Waals surface area (Å²) in [5, 5.41) is 15.6. The van der Waals surface area contributed by atoms with Gasteiger partial charge in [-0.05, 0) is 54.8 Å². The van der Waals surface area contributed by atoms with Crippen LogP contribution in [0.5, 0.6) is 5.75 Å². The largest absolute Gasteiger partial charge is 0.482 e. The van der Waals surface area contributed by atoms with Crippen LogP contribution >= 0.6 is 11.6 Å². The second-order valence-electron chi connectivity index (χ2n) is 7.94. The monoisotopic (exact) mass is 490 g/mol. The minimum Gasteiger partial charge on any atom is -0.482 e. The van der Waals surface area contributed by atoms with Crippen LogP contribution in [0.25, 0.3) is 28.1 Å². The number of ether oxygens (including phenoxy) is 2. The summed E-state index contributed by atoms with van der Waals surface area (Å²) < 4.78 is 12.2. The van der Waals surface area contributed by atoms with Crippen LogP contribution in [0.15, 0.2) is 78.9 Å². The molecule has 7 heteroatoms. The fraction of sp³-hybridized carbons (Fsp3) is 0.214. The van der Waals surface area contributed by atoms with Gasteiger partial charge in [0.25, 0.3) is 0 Å². The van der Waals surface area contributed by atoms with Gasteiger partial charge in [-0.3, -0.25) is 0 Å². The van der Waals surface area contributed by atoms with E-state index in [1.54, 1.807) is 17.7 Å². The second kappa shape index (κ2) is 11.2. The second-order valence-corrected chi connectivity index (χ2v) is 8.35. The summed E-state index contributed by atoms with van der Waals surface area (Å²) in [6, 6.07) is 25.0. The molecule has 0 bridgehead atoms. The zero-order valence-electron chi connectivity index (χ0n) is 19.6. The Bertz CT molecular complexity index is 1300. The fourth-order valence-electron chi connectivity index (χ4n) is 3.73. The van der Waals surface area contributed by atoms with Crippen LogP contribution in [0.3, 0.4) is 0 Å². The normalized spacial score (nSPS) is 11.8. The molecule has 4 rings (SSSR count). The Morgan fingerprint density at radius 2 is 1.71 bits per heavy atom. The van der Waals surface area contributed by atoms with E-state index in [0.717, 1.165) is 28.1 Å². The number of aliphatic hydroxyl groups is 1. The number of carbonyl (C=O) groups is 1. The van der Waals surface area contributed by atoms with E-state index in [2.05, 4.69) is 5.10 Å². The van der Waals surface area contributed by atoms with Gasteiger partial charge in [-0.15, -0.1) is 0 Å². The molecule has 1 unspecified atom stereocenters. The van der Waals surface area contributed by atoms with Gasteiger partial charge < -0.3 is 14.6 Å². The van der Waals surface area contributed by atoms with Crippen LogP contribution < -0.4 is 4.74 Å². The topological polar surface area (TPSA) is 73.6 Å². The van der Waals surface area contributed by atoms with Crippen molar-refractivity contribution in [3.05, 3.63) is 89.6 Å². The van der Waals surface area contributed by atoms with Crippen LogP contribution in [0.1, 0.15) is 32.1 Å². The molecule has 0 radical (unpaired) electrons. The molecule has 3 aromatic carbocycles. The third-order valence-corrected chi connectivity index (χ3v) is 5.87. The molecule has 0 fully saturated rings. The van der Waals surface area contributed by atoms with Gasteiger partial charge in [0.2, 0.25) is 0 Å². The molecular formula is C28H27ClN2O4. The molecule has 35 heavy (non-hydrogen) atoms. The highest BCUT2D eigenvalue weighted by Crippen LogP contribution is 2.32. The Morgan fingerprint density at radius 1 is 0.971 bits per heavy atom. The van der Waals surface area contributed by atoms with Crippen LogP contribution in [0.4, 0.5) is 0 Å². The molecule has 0 amide bonds. The lowest BCUT2D eigenvalue weighted by atomic mass is 10.0. The zero-order chi connectivity index (χ0) is 24.8. The molecule has 0 saturated carbocycles. The number of carbonyl (C=O) groups excluding carboxylic acids is 1. The summed E-state index contributed by atoms with van der Waals surface area (Å²) in [5.74, 6) is 0.194. The average molecular weight is 491 g/mol. The van der Waals surface area contributed by atoms with Gasteiger partial charge in [-0.2, -0.15) is 5.10 Å². The van der Waals surface area contributed by atoms with Crippen molar-refractivity contribution < 1.29 is 19.4 Å². The van der Waals surface area contributed by atoms with Crippen molar-refractivity contribution in [1.29, 1.82) is 0 Å². The first kappa shape index (κ1) is 24.5. The van der Waals surface area contributed by atoms with Crippen molar-refractivity contribution in [3.63, 3.8) is 0 Å². The van der Waals surface area contributed by atoms with E-state index in [-0.39, 0.29) is 6.61 Å². The van der Waals surface area contributed by atoms with Gasteiger partial charge in [0.1, 0.15) is 5.75 Å². The summed E-state index contributed by atoms with van der Waals surface area (Å²) in [4.78, 5) is 11.6. The predicted molar refractivity (Wildman–Crippen MR) is 137 cm³/mol. The third-order valence-electron chi connectivity index (χ3n) is 5.55. The van der Waals surface area contributed by atoms with E-state index in [0.29, 0.717) is 29.5 Å². The van der Waals surface area contributed by atoms with Crippen LogP contribution in [0, 0.1) is 0 Å². The Hall–Kier alpha value is -3.61. The lowest BCUT2D eigenvalue weighted by Crippen LogP contribution is -2.14. The first-order valence-corrected chi connectivity index (χ1v) is 11.9. The van der Waals surface area contributed by atoms with E-state index >= 15 is 0 Å². The number of hydrogen-bond donors (Lipinski definition) is 1. The minimum atomic E-state index is -0.658. The maximum Gasteiger partial charge on any atom is 0.344 e. The van der Waals surface area contributed by atoms with Gasteiger partial charge in [0, 0.05) is 5.56 Å². The molecule has 1 N–H and O–H groups in total. The Balaban J connectivity index is 1.63. The van der Waals surface area contributed by atoms with Crippen molar-refractivity contribution in [2.45, 2.75) is 26.4 Å². The number of hydrogen-bond acceptors (Lipinski definition) is 5.